The smallest absolute Gasteiger partial charge is 0.269 e. The highest BCUT2D eigenvalue weighted by atomic mass is 16.1. The van der Waals surface area contributed by atoms with Gasteiger partial charge < -0.3 is 5.73 Å². The minimum atomic E-state index is -0.484. The quantitative estimate of drug-likeness (QED) is 0.865. The van der Waals surface area contributed by atoms with Gasteiger partial charge in [0.2, 0.25) is 0 Å². The summed E-state index contributed by atoms with van der Waals surface area (Å²) in [5, 5.41) is 4.46. The van der Waals surface area contributed by atoms with Crippen LogP contribution >= 0.6 is 0 Å². The number of hydrogen-bond acceptors (Lipinski definition) is 3. The fourth-order valence-corrected chi connectivity index (χ4v) is 3.10. The number of carbonyl (C=O) groups excluding carboxylic acids is 1. The summed E-state index contributed by atoms with van der Waals surface area (Å²) in [6.07, 6.45) is 4.40. The molecule has 23 heavy (non-hydrogen) atoms. The van der Waals surface area contributed by atoms with Crippen LogP contribution in [0.25, 0.3) is 5.82 Å². The van der Waals surface area contributed by atoms with Crippen molar-refractivity contribution in [3.8, 4) is 17.7 Å². The fraction of sp³-hybridized carbons (Fsp3) is 0.389. The third-order valence-electron chi connectivity index (χ3n) is 4.25. The number of nitrogens with zero attached hydrogens (tertiary/aromatic N) is 3. The SMILES string of the molecule is CC#Cc1ccnc(-n2nc(C(N)=O)c3c2CCC(C)(C)C3)c1. The van der Waals surface area contributed by atoms with Crippen LogP contribution in [0.5, 0.6) is 0 Å². The molecule has 3 rings (SSSR count). The molecule has 2 aromatic heterocycles. The van der Waals surface area contributed by atoms with E-state index in [1.807, 2.05) is 12.1 Å². The van der Waals surface area contributed by atoms with Gasteiger partial charge in [-0.25, -0.2) is 9.67 Å². The van der Waals surface area contributed by atoms with Crippen molar-refractivity contribution in [3.63, 3.8) is 0 Å². The Kier molecular flexibility index (Phi) is 3.69. The Hall–Kier alpha value is -2.61. The number of pyridine rings is 1. The molecule has 118 valence electrons. The first kappa shape index (κ1) is 15.3. The molecule has 0 unspecified atom stereocenters. The first-order valence-electron chi connectivity index (χ1n) is 7.71. The van der Waals surface area contributed by atoms with E-state index in [1.165, 1.54) is 0 Å². The number of fused-ring (bicyclic) bond motifs is 1. The molecule has 0 bridgehead atoms. The number of aromatic nitrogens is 3. The van der Waals surface area contributed by atoms with Crippen molar-refractivity contribution in [2.75, 3.05) is 0 Å². The van der Waals surface area contributed by atoms with Gasteiger partial charge >= 0.3 is 0 Å². The monoisotopic (exact) mass is 308 g/mol. The standard InChI is InChI=1S/C18H20N4O/c1-4-5-12-7-9-20-15(10-12)22-14-6-8-18(2,3)11-13(14)16(21-22)17(19)23/h7,9-10H,6,8,11H2,1-3H3,(H2,19,23). The van der Waals surface area contributed by atoms with Crippen molar-refractivity contribution in [2.24, 2.45) is 11.1 Å². The van der Waals surface area contributed by atoms with Crippen LogP contribution < -0.4 is 5.73 Å². The number of primary amides is 1. The third kappa shape index (κ3) is 2.85. The molecule has 1 amide bonds. The highest BCUT2D eigenvalue weighted by molar-refractivity contribution is 5.92. The van der Waals surface area contributed by atoms with E-state index in [0.717, 1.165) is 36.1 Å². The van der Waals surface area contributed by atoms with Crippen molar-refractivity contribution >= 4 is 5.91 Å². The maximum atomic E-state index is 11.8. The van der Waals surface area contributed by atoms with Crippen LogP contribution in [-0.2, 0) is 12.8 Å². The number of carbonyl (C=O) groups is 1. The Labute approximate surface area is 135 Å². The fourth-order valence-electron chi connectivity index (χ4n) is 3.10. The molecule has 0 saturated carbocycles. The molecule has 2 aromatic rings. The molecule has 0 radical (unpaired) electrons. The van der Waals surface area contributed by atoms with Gasteiger partial charge in [-0.1, -0.05) is 19.8 Å². The van der Waals surface area contributed by atoms with Crippen molar-refractivity contribution in [1.82, 2.24) is 14.8 Å². The lowest BCUT2D eigenvalue weighted by Gasteiger charge is -2.29. The van der Waals surface area contributed by atoms with Crippen molar-refractivity contribution < 1.29 is 4.79 Å². The number of hydrogen-bond donors (Lipinski definition) is 1. The Morgan fingerprint density at radius 2 is 2.22 bits per heavy atom. The second-order valence-corrected chi connectivity index (χ2v) is 6.67. The second kappa shape index (κ2) is 5.54. The number of amides is 1. The summed E-state index contributed by atoms with van der Waals surface area (Å²) >= 11 is 0. The van der Waals surface area contributed by atoms with Gasteiger partial charge in [0.05, 0.1) is 5.69 Å². The van der Waals surface area contributed by atoms with E-state index in [0.29, 0.717) is 11.5 Å². The van der Waals surface area contributed by atoms with Crippen molar-refractivity contribution in [2.45, 2.75) is 40.0 Å². The van der Waals surface area contributed by atoms with E-state index < -0.39 is 5.91 Å². The average Bonchev–Trinajstić information content (AvgIpc) is 2.85. The van der Waals surface area contributed by atoms with E-state index in [-0.39, 0.29) is 5.41 Å². The predicted octanol–water partition coefficient (Wildman–Crippen LogP) is 2.25. The summed E-state index contributed by atoms with van der Waals surface area (Å²) in [6, 6.07) is 3.74. The minimum absolute atomic E-state index is 0.147. The summed E-state index contributed by atoms with van der Waals surface area (Å²) in [5.74, 6) is 6.09. The zero-order chi connectivity index (χ0) is 16.6. The molecular formula is C18H20N4O. The molecule has 0 aliphatic heterocycles. The predicted molar refractivity (Wildman–Crippen MR) is 88.2 cm³/mol. The molecule has 0 spiro atoms. The molecular weight excluding hydrogens is 288 g/mol. The largest absolute Gasteiger partial charge is 0.364 e. The van der Waals surface area contributed by atoms with Gasteiger partial charge in [-0.2, -0.15) is 5.10 Å². The lowest BCUT2D eigenvalue weighted by molar-refractivity contribution is 0.0993. The van der Waals surface area contributed by atoms with Crippen LogP contribution in [-0.4, -0.2) is 20.7 Å². The molecule has 0 atom stereocenters. The molecule has 5 heteroatoms. The highest BCUT2D eigenvalue weighted by Crippen LogP contribution is 2.36. The second-order valence-electron chi connectivity index (χ2n) is 6.67. The summed E-state index contributed by atoms with van der Waals surface area (Å²) < 4.78 is 1.76. The Bertz CT molecular complexity index is 836. The van der Waals surface area contributed by atoms with Crippen molar-refractivity contribution in [1.29, 1.82) is 0 Å². The highest BCUT2D eigenvalue weighted by Gasteiger charge is 2.32. The Morgan fingerprint density at radius 1 is 1.43 bits per heavy atom. The van der Waals surface area contributed by atoms with Crippen LogP contribution in [0.15, 0.2) is 18.3 Å². The zero-order valence-corrected chi connectivity index (χ0v) is 13.7. The molecule has 1 aliphatic carbocycles. The van der Waals surface area contributed by atoms with Crippen LogP contribution in [0.4, 0.5) is 0 Å². The van der Waals surface area contributed by atoms with Gasteiger partial charge in [-0.05, 0) is 43.7 Å². The van der Waals surface area contributed by atoms with E-state index in [9.17, 15) is 4.79 Å². The number of nitrogens with two attached hydrogens (primary N) is 1. The molecule has 0 fully saturated rings. The van der Waals surface area contributed by atoms with Crippen LogP contribution in [0, 0.1) is 17.3 Å². The van der Waals surface area contributed by atoms with Gasteiger partial charge in [0.1, 0.15) is 0 Å². The van der Waals surface area contributed by atoms with Gasteiger partial charge in [0.25, 0.3) is 5.91 Å². The summed E-state index contributed by atoms with van der Waals surface area (Å²) in [7, 11) is 0. The Morgan fingerprint density at radius 3 is 2.91 bits per heavy atom. The molecule has 2 N–H and O–H groups in total. The van der Waals surface area contributed by atoms with E-state index in [1.54, 1.807) is 17.8 Å². The molecule has 5 nitrogen and oxygen atoms in total. The van der Waals surface area contributed by atoms with E-state index in [4.69, 9.17) is 5.73 Å². The summed E-state index contributed by atoms with van der Waals surface area (Å²) in [6.45, 7) is 6.20. The summed E-state index contributed by atoms with van der Waals surface area (Å²) in [5.41, 5.74) is 8.92. The molecule has 0 aromatic carbocycles. The average molecular weight is 308 g/mol. The van der Waals surface area contributed by atoms with Crippen molar-refractivity contribution in [3.05, 3.63) is 40.8 Å². The van der Waals surface area contributed by atoms with Crippen LogP contribution in [0.3, 0.4) is 0 Å². The van der Waals surface area contributed by atoms with Gasteiger partial charge in [-0.3, -0.25) is 4.79 Å². The first-order valence-corrected chi connectivity index (χ1v) is 7.71. The zero-order valence-electron chi connectivity index (χ0n) is 13.7. The topological polar surface area (TPSA) is 73.8 Å². The van der Waals surface area contributed by atoms with Gasteiger partial charge in [-0.15, -0.1) is 5.92 Å². The molecule has 1 aliphatic rings. The molecule has 2 heterocycles. The Balaban J connectivity index is 2.16. The lowest BCUT2D eigenvalue weighted by Crippen LogP contribution is -2.24. The lowest BCUT2D eigenvalue weighted by atomic mass is 9.76. The van der Waals surface area contributed by atoms with Gasteiger partial charge in [0.15, 0.2) is 11.5 Å². The van der Waals surface area contributed by atoms with Gasteiger partial charge in [0, 0.05) is 17.3 Å². The molecule has 0 saturated heterocycles. The summed E-state index contributed by atoms with van der Waals surface area (Å²) in [4.78, 5) is 16.2. The maximum absolute atomic E-state index is 11.8. The van der Waals surface area contributed by atoms with E-state index >= 15 is 0 Å². The minimum Gasteiger partial charge on any atom is -0.364 e. The van der Waals surface area contributed by atoms with Crippen LogP contribution in [0.1, 0.15) is 54.5 Å². The normalized spacial score (nSPS) is 15.4. The first-order chi connectivity index (χ1) is 10.9. The third-order valence-corrected chi connectivity index (χ3v) is 4.25. The number of rotatable bonds is 2. The van der Waals surface area contributed by atoms with Crippen LogP contribution in [0.2, 0.25) is 0 Å². The van der Waals surface area contributed by atoms with E-state index in [2.05, 4.69) is 35.8 Å². The maximum Gasteiger partial charge on any atom is 0.269 e.